The molecule has 0 radical (unpaired) electrons. The van der Waals surface area contributed by atoms with Crippen LogP contribution < -0.4 is 5.32 Å². The molecule has 0 aliphatic carbocycles. The lowest BCUT2D eigenvalue weighted by Crippen LogP contribution is -2.32. The summed E-state index contributed by atoms with van der Waals surface area (Å²) in [5, 5.41) is 3.43. The number of halogens is 2. The lowest BCUT2D eigenvalue weighted by atomic mass is 9.80. The zero-order chi connectivity index (χ0) is 13.8. The largest absolute Gasteiger partial charge is 0.315 e. The van der Waals surface area contributed by atoms with Crippen molar-refractivity contribution in [1.29, 1.82) is 0 Å². The second-order valence-corrected chi connectivity index (χ2v) is 6.70. The maximum absolute atomic E-state index is 13.3. The van der Waals surface area contributed by atoms with E-state index in [0.717, 1.165) is 29.4 Å². The van der Waals surface area contributed by atoms with Gasteiger partial charge in [0.05, 0.1) is 0 Å². The third-order valence-corrected chi connectivity index (χ3v) is 3.47. The Kier molecular flexibility index (Phi) is 5.80. The van der Waals surface area contributed by atoms with Gasteiger partial charge in [-0.2, -0.15) is 0 Å². The molecule has 0 saturated carbocycles. The zero-order valence-corrected chi connectivity index (χ0v) is 13.3. The Morgan fingerprint density at radius 1 is 1.33 bits per heavy atom. The number of nitrogens with one attached hydrogen (secondary N) is 1. The predicted octanol–water partition coefficient (Wildman–Crippen LogP) is 4.55. The van der Waals surface area contributed by atoms with Gasteiger partial charge in [0.1, 0.15) is 5.82 Å². The molecule has 0 fully saturated rings. The summed E-state index contributed by atoms with van der Waals surface area (Å²) < 4.78 is 14.2. The molecule has 0 saturated heterocycles. The first-order valence-electron chi connectivity index (χ1n) is 6.51. The molecule has 1 rings (SSSR count). The van der Waals surface area contributed by atoms with Crippen LogP contribution in [-0.2, 0) is 6.42 Å². The summed E-state index contributed by atoms with van der Waals surface area (Å²) in [4.78, 5) is 0. The fourth-order valence-corrected chi connectivity index (χ4v) is 3.10. The van der Waals surface area contributed by atoms with Crippen molar-refractivity contribution in [1.82, 2.24) is 5.32 Å². The molecule has 0 aliphatic heterocycles. The Morgan fingerprint density at radius 3 is 2.56 bits per heavy atom. The molecule has 1 nitrogen and oxygen atoms in total. The van der Waals surface area contributed by atoms with Gasteiger partial charge in [-0.1, -0.05) is 36.7 Å². The lowest BCUT2D eigenvalue weighted by Gasteiger charge is -2.28. The summed E-state index contributed by atoms with van der Waals surface area (Å²) in [5.41, 5.74) is 1.21. The second-order valence-electron chi connectivity index (χ2n) is 5.78. The van der Waals surface area contributed by atoms with Crippen LogP contribution in [0.3, 0.4) is 0 Å². The molecule has 0 aliphatic rings. The minimum Gasteiger partial charge on any atom is -0.315 e. The van der Waals surface area contributed by atoms with Crippen LogP contribution in [0.5, 0.6) is 0 Å². The molecule has 0 bridgehead atoms. The topological polar surface area (TPSA) is 12.0 Å². The fourth-order valence-electron chi connectivity index (χ4n) is 2.59. The Bertz CT molecular complexity index is 370. The highest BCUT2D eigenvalue weighted by Gasteiger charge is 2.21. The van der Waals surface area contributed by atoms with Crippen LogP contribution in [0.1, 0.15) is 39.7 Å². The van der Waals surface area contributed by atoms with Crippen LogP contribution >= 0.6 is 15.9 Å². The van der Waals surface area contributed by atoms with Crippen LogP contribution in [0.25, 0.3) is 0 Å². The van der Waals surface area contributed by atoms with E-state index in [0.29, 0.717) is 6.04 Å². The SMILES string of the molecule is CCNC(C)CC(C)(C)Cc1cc(F)cc(Br)c1. The summed E-state index contributed by atoms with van der Waals surface area (Å²) in [6.07, 6.45) is 1.97. The first-order chi connectivity index (χ1) is 8.32. The summed E-state index contributed by atoms with van der Waals surface area (Å²) in [5.74, 6) is -0.171. The van der Waals surface area contributed by atoms with E-state index in [2.05, 4.69) is 48.9 Å². The van der Waals surface area contributed by atoms with E-state index < -0.39 is 0 Å². The van der Waals surface area contributed by atoms with Crippen molar-refractivity contribution in [3.63, 3.8) is 0 Å². The first kappa shape index (κ1) is 15.6. The van der Waals surface area contributed by atoms with Gasteiger partial charge in [-0.15, -0.1) is 0 Å². The van der Waals surface area contributed by atoms with Gasteiger partial charge in [-0.05, 0) is 55.5 Å². The Hall–Kier alpha value is -0.410. The maximum atomic E-state index is 13.3. The van der Waals surface area contributed by atoms with Crippen LogP contribution in [0.15, 0.2) is 22.7 Å². The summed E-state index contributed by atoms with van der Waals surface area (Å²) in [7, 11) is 0. The standard InChI is InChI=1S/C15H23BrFN/c1-5-18-11(2)9-15(3,4)10-12-6-13(16)8-14(17)7-12/h6-8,11,18H,5,9-10H2,1-4H3. The molecule has 1 aromatic carbocycles. The number of hydrogen-bond acceptors (Lipinski definition) is 1. The summed E-state index contributed by atoms with van der Waals surface area (Å²) >= 11 is 3.34. The highest BCUT2D eigenvalue weighted by atomic mass is 79.9. The van der Waals surface area contributed by atoms with Crippen molar-refractivity contribution < 1.29 is 4.39 Å². The van der Waals surface area contributed by atoms with Crippen LogP contribution in [-0.4, -0.2) is 12.6 Å². The zero-order valence-electron chi connectivity index (χ0n) is 11.7. The van der Waals surface area contributed by atoms with E-state index in [4.69, 9.17) is 0 Å². The molecule has 0 heterocycles. The van der Waals surface area contributed by atoms with E-state index in [1.165, 1.54) is 6.07 Å². The molecule has 3 heteroatoms. The molecular weight excluding hydrogens is 293 g/mol. The molecule has 0 aromatic heterocycles. The monoisotopic (exact) mass is 315 g/mol. The molecule has 1 N–H and O–H groups in total. The van der Waals surface area contributed by atoms with Gasteiger partial charge >= 0.3 is 0 Å². The van der Waals surface area contributed by atoms with Crippen molar-refractivity contribution >= 4 is 15.9 Å². The third-order valence-electron chi connectivity index (χ3n) is 3.02. The number of benzene rings is 1. The Balaban J connectivity index is 2.69. The Morgan fingerprint density at radius 2 is 2.00 bits per heavy atom. The van der Waals surface area contributed by atoms with Crippen LogP contribution in [0.2, 0.25) is 0 Å². The average molecular weight is 316 g/mol. The normalized spacial score (nSPS) is 13.7. The quantitative estimate of drug-likeness (QED) is 0.812. The molecule has 18 heavy (non-hydrogen) atoms. The highest BCUT2D eigenvalue weighted by Crippen LogP contribution is 2.29. The smallest absolute Gasteiger partial charge is 0.124 e. The fraction of sp³-hybridized carbons (Fsp3) is 0.600. The van der Waals surface area contributed by atoms with E-state index in [1.807, 2.05) is 6.07 Å². The lowest BCUT2D eigenvalue weighted by molar-refractivity contribution is 0.288. The maximum Gasteiger partial charge on any atom is 0.124 e. The summed E-state index contributed by atoms with van der Waals surface area (Å²) in [6.45, 7) is 9.78. The highest BCUT2D eigenvalue weighted by molar-refractivity contribution is 9.10. The molecule has 1 unspecified atom stereocenters. The molecular formula is C15H23BrFN. The first-order valence-corrected chi connectivity index (χ1v) is 7.30. The van der Waals surface area contributed by atoms with E-state index in [-0.39, 0.29) is 11.2 Å². The van der Waals surface area contributed by atoms with Gasteiger partial charge in [0.2, 0.25) is 0 Å². The average Bonchev–Trinajstić information content (AvgIpc) is 2.13. The number of hydrogen-bond donors (Lipinski definition) is 1. The van der Waals surface area contributed by atoms with Crippen molar-refractivity contribution in [3.8, 4) is 0 Å². The predicted molar refractivity (Wildman–Crippen MR) is 79.3 cm³/mol. The van der Waals surface area contributed by atoms with Crippen LogP contribution in [0.4, 0.5) is 4.39 Å². The van der Waals surface area contributed by atoms with Gasteiger partial charge in [0.15, 0.2) is 0 Å². The van der Waals surface area contributed by atoms with Crippen molar-refractivity contribution in [2.24, 2.45) is 5.41 Å². The third kappa shape index (κ3) is 5.49. The second kappa shape index (κ2) is 6.67. The minimum absolute atomic E-state index is 0.162. The van der Waals surface area contributed by atoms with E-state index >= 15 is 0 Å². The van der Waals surface area contributed by atoms with Gasteiger partial charge in [0, 0.05) is 10.5 Å². The van der Waals surface area contributed by atoms with Crippen molar-refractivity contribution in [3.05, 3.63) is 34.1 Å². The molecule has 0 spiro atoms. The van der Waals surface area contributed by atoms with Gasteiger partial charge in [0.25, 0.3) is 0 Å². The van der Waals surface area contributed by atoms with E-state index in [1.54, 1.807) is 6.07 Å². The van der Waals surface area contributed by atoms with Crippen molar-refractivity contribution in [2.45, 2.75) is 46.6 Å². The minimum atomic E-state index is -0.171. The van der Waals surface area contributed by atoms with Gasteiger partial charge in [-0.25, -0.2) is 4.39 Å². The molecule has 0 amide bonds. The van der Waals surface area contributed by atoms with Gasteiger partial charge < -0.3 is 5.32 Å². The van der Waals surface area contributed by atoms with Gasteiger partial charge in [-0.3, -0.25) is 0 Å². The van der Waals surface area contributed by atoms with E-state index in [9.17, 15) is 4.39 Å². The van der Waals surface area contributed by atoms with Crippen LogP contribution in [0, 0.1) is 11.2 Å². The molecule has 1 atom stereocenters. The Labute approximate surface area is 118 Å². The van der Waals surface area contributed by atoms with Crippen molar-refractivity contribution in [2.75, 3.05) is 6.54 Å². The molecule has 1 aromatic rings. The summed E-state index contributed by atoms with van der Waals surface area (Å²) in [6, 6.07) is 5.62. The molecule has 102 valence electrons. The number of rotatable bonds is 6.